The van der Waals surface area contributed by atoms with Gasteiger partial charge in [-0.25, -0.2) is 4.39 Å². The zero-order valence-corrected chi connectivity index (χ0v) is 14.6. The van der Waals surface area contributed by atoms with Gasteiger partial charge in [-0.2, -0.15) is 0 Å². The molecule has 1 N–H and O–H groups in total. The lowest BCUT2D eigenvalue weighted by Crippen LogP contribution is -2.29. The molecule has 2 amide bonds. The van der Waals surface area contributed by atoms with Crippen LogP contribution in [0.4, 0.5) is 4.39 Å². The third kappa shape index (κ3) is 4.41. The van der Waals surface area contributed by atoms with Crippen LogP contribution in [-0.2, 0) is 22.6 Å². The summed E-state index contributed by atoms with van der Waals surface area (Å²) >= 11 is 0. The molecule has 7 heteroatoms. The Balaban J connectivity index is 1.60. The van der Waals surface area contributed by atoms with E-state index in [0.717, 1.165) is 25.1 Å². The summed E-state index contributed by atoms with van der Waals surface area (Å²) in [7, 11) is 0. The number of carbonyl (C=O) groups excluding carboxylic acids is 2. The molecule has 1 atom stereocenters. The molecule has 1 aliphatic rings. The van der Waals surface area contributed by atoms with E-state index in [1.807, 2.05) is 0 Å². The van der Waals surface area contributed by atoms with Crippen molar-refractivity contribution in [2.45, 2.75) is 38.8 Å². The van der Waals surface area contributed by atoms with Crippen LogP contribution >= 0.6 is 0 Å². The number of hydrogen-bond acceptors (Lipinski definition) is 4. The lowest BCUT2D eigenvalue weighted by molar-refractivity contribution is -0.129. The van der Waals surface area contributed by atoms with Crippen molar-refractivity contribution in [2.75, 3.05) is 6.54 Å². The van der Waals surface area contributed by atoms with Crippen LogP contribution in [-0.4, -0.2) is 33.2 Å². The lowest BCUT2D eigenvalue weighted by atomic mass is 10.1. The molecule has 0 aliphatic carbocycles. The Morgan fingerprint density at radius 3 is 2.96 bits per heavy atom. The van der Waals surface area contributed by atoms with Gasteiger partial charge in [-0.3, -0.25) is 19.6 Å². The number of hydrogen-bond donors (Lipinski definition) is 1. The molecule has 0 unspecified atom stereocenters. The molecule has 1 fully saturated rings. The molecular weight excluding hydrogens is 335 g/mol. The minimum atomic E-state index is -0.361. The average Bonchev–Trinajstić information content (AvgIpc) is 3.10. The number of halogens is 1. The van der Waals surface area contributed by atoms with Crippen molar-refractivity contribution in [1.29, 1.82) is 0 Å². The first-order chi connectivity index (χ1) is 12.5. The van der Waals surface area contributed by atoms with E-state index in [9.17, 15) is 14.0 Å². The number of nitrogens with one attached hydrogen (secondary N) is 1. The fourth-order valence-corrected chi connectivity index (χ4v) is 3.20. The highest BCUT2D eigenvalue weighted by molar-refractivity contribution is 5.78. The minimum Gasteiger partial charge on any atom is -0.350 e. The summed E-state index contributed by atoms with van der Waals surface area (Å²) in [6.45, 7) is 2.53. The highest BCUT2D eigenvalue weighted by Gasteiger charge is 2.29. The smallest absolute Gasteiger partial charge is 0.224 e. The number of amides is 2. The van der Waals surface area contributed by atoms with E-state index < -0.39 is 0 Å². The predicted molar refractivity (Wildman–Crippen MR) is 93.3 cm³/mol. The van der Waals surface area contributed by atoms with Crippen molar-refractivity contribution >= 4 is 11.8 Å². The molecule has 6 nitrogen and oxygen atoms in total. The molecule has 0 spiro atoms. The molecule has 3 rings (SSSR count). The quantitative estimate of drug-likeness (QED) is 0.891. The van der Waals surface area contributed by atoms with Crippen molar-refractivity contribution in [3.63, 3.8) is 0 Å². The van der Waals surface area contributed by atoms with Gasteiger partial charge in [0.1, 0.15) is 5.82 Å². The van der Waals surface area contributed by atoms with Crippen molar-refractivity contribution in [3.05, 3.63) is 59.4 Å². The van der Waals surface area contributed by atoms with E-state index in [1.54, 1.807) is 36.4 Å². The minimum absolute atomic E-state index is 0.0306. The molecule has 2 aromatic rings. The molecule has 1 aromatic heterocycles. The van der Waals surface area contributed by atoms with Gasteiger partial charge in [0.25, 0.3) is 0 Å². The Labute approximate surface area is 151 Å². The second kappa shape index (κ2) is 8.03. The van der Waals surface area contributed by atoms with Crippen molar-refractivity contribution in [1.82, 2.24) is 20.2 Å². The summed E-state index contributed by atoms with van der Waals surface area (Å²) in [5.41, 5.74) is 1.99. The Bertz CT molecular complexity index is 812. The standard InChI is InChI=1S/C19H21FN4O2/c1-13(25)24-7-3-6-18(24)17-12-21-10-16(23-17)11-22-19(26)9-14-4-2-5-15(20)8-14/h2,4-5,8,10,12,18H,3,6-7,9,11H2,1H3,(H,22,26)/t18-/m1/s1. The molecule has 2 heterocycles. The summed E-state index contributed by atoms with van der Waals surface area (Å²) in [6.07, 6.45) is 5.18. The van der Waals surface area contributed by atoms with E-state index in [4.69, 9.17) is 0 Å². The maximum atomic E-state index is 13.2. The Kier molecular flexibility index (Phi) is 5.55. The molecular formula is C19H21FN4O2. The van der Waals surface area contributed by atoms with Crippen LogP contribution in [0.2, 0.25) is 0 Å². The van der Waals surface area contributed by atoms with E-state index >= 15 is 0 Å². The second-order valence-electron chi connectivity index (χ2n) is 6.39. The molecule has 0 radical (unpaired) electrons. The zero-order chi connectivity index (χ0) is 18.5. The summed E-state index contributed by atoms with van der Waals surface area (Å²) in [5, 5.41) is 2.77. The topological polar surface area (TPSA) is 75.2 Å². The number of nitrogens with zero attached hydrogens (tertiary/aromatic N) is 3. The molecule has 1 aliphatic heterocycles. The van der Waals surface area contributed by atoms with Gasteiger partial charge in [0.15, 0.2) is 0 Å². The van der Waals surface area contributed by atoms with Crippen LogP contribution in [0.1, 0.15) is 42.8 Å². The van der Waals surface area contributed by atoms with Gasteiger partial charge in [-0.15, -0.1) is 0 Å². The highest BCUT2D eigenvalue weighted by Crippen LogP contribution is 2.30. The van der Waals surface area contributed by atoms with Crippen molar-refractivity contribution < 1.29 is 14.0 Å². The molecule has 1 saturated heterocycles. The van der Waals surface area contributed by atoms with Crippen LogP contribution in [0.25, 0.3) is 0 Å². The second-order valence-corrected chi connectivity index (χ2v) is 6.39. The summed E-state index contributed by atoms with van der Waals surface area (Å²) in [4.78, 5) is 34.3. The summed E-state index contributed by atoms with van der Waals surface area (Å²) in [6, 6.07) is 5.92. The van der Waals surface area contributed by atoms with Gasteiger partial charge in [-0.1, -0.05) is 12.1 Å². The normalized spacial score (nSPS) is 16.5. The molecule has 0 saturated carbocycles. The molecule has 0 bridgehead atoms. The Morgan fingerprint density at radius 1 is 1.35 bits per heavy atom. The van der Waals surface area contributed by atoms with E-state index in [0.29, 0.717) is 11.3 Å². The Morgan fingerprint density at radius 2 is 2.19 bits per heavy atom. The zero-order valence-electron chi connectivity index (χ0n) is 14.6. The van der Waals surface area contributed by atoms with E-state index in [2.05, 4.69) is 15.3 Å². The first-order valence-corrected chi connectivity index (χ1v) is 8.62. The third-order valence-corrected chi connectivity index (χ3v) is 4.42. The van der Waals surface area contributed by atoms with Gasteiger partial charge in [-0.05, 0) is 30.5 Å². The summed E-state index contributed by atoms with van der Waals surface area (Å²) in [5.74, 6) is -0.544. The van der Waals surface area contributed by atoms with Crippen molar-refractivity contribution in [3.8, 4) is 0 Å². The van der Waals surface area contributed by atoms with Gasteiger partial charge in [0.05, 0.1) is 42.8 Å². The van der Waals surface area contributed by atoms with Gasteiger partial charge >= 0.3 is 0 Å². The van der Waals surface area contributed by atoms with E-state index in [1.165, 1.54) is 12.1 Å². The Hall–Kier alpha value is -2.83. The fraction of sp³-hybridized carbons (Fsp3) is 0.368. The van der Waals surface area contributed by atoms with Gasteiger partial charge in [0, 0.05) is 13.5 Å². The average molecular weight is 356 g/mol. The first-order valence-electron chi connectivity index (χ1n) is 8.62. The summed E-state index contributed by atoms with van der Waals surface area (Å²) < 4.78 is 13.2. The predicted octanol–water partition coefficient (Wildman–Crippen LogP) is 2.16. The van der Waals surface area contributed by atoms with Crippen LogP contribution < -0.4 is 5.32 Å². The van der Waals surface area contributed by atoms with Gasteiger partial charge < -0.3 is 10.2 Å². The SMILES string of the molecule is CC(=O)N1CCC[C@@H]1c1cncc(CNC(=O)Cc2cccc(F)c2)n1. The third-order valence-electron chi connectivity index (χ3n) is 4.42. The molecule has 26 heavy (non-hydrogen) atoms. The monoisotopic (exact) mass is 356 g/mol. The van der Waals surface area contributed by atoms with Crippen LogP contribution in [0, 0.1) is 5.82 Å². The van der Waals surface area contributed by atoms with Crippen LogP contribution in [0.3, 0.4) is 0 Å². The van der Waals surface area contributed by atoms with Crippen LogP contribution in [0.5, 0.6) is 0 Å². The maximum Gasteiger partial charge on any atom is 0.224 e. The molecule has 1 aromatic carbocycles. The van der Waals surface area contributed by atoms with Crippen molar-refractivity contribution in [2.24, 2.45) is 0 Å². The largest absolute Gasteiger partial charge is 0.350 e. The lowest BCUT2D eigenvalue weighted by Gasteiger charge is -2.22. The van der Waals surface area contributed by atoms with Gasteiger partial charge in [0.2, 0.25) is 11.8 Å². The van der Waals surface area contributed by atoms with E-state index in [-0.39, 0.29) is 36.6 Å². The number of benzene rings is 1. The molecule has 136 valence electrons. The van der Waals surface area contributed by atoms with Crippen LogP contribution in [0.15, 0.2) is 36.7 Å². The maximum absolute atomic E-state index is 13.2. The number of carbonyl (C=O) groups is 2. The highest BCUT2D eigenvalue weighted by atomic mass is 19.1. The number of likely N-dealkylation sites (tertiary alicyclic amines) is 1. The fourth-order valence-electron chi connectivity index (χ4n) is 3.20. The first kappa shape index (κ1) is 18.0. The number of aromatic nitrogens is 2. The number of rotatable bonds is 5.